The molecule has 0 bridgehead atoms. The summed E-state index contributed by atoms with van der Waals surface area (Å²) in [6.07, 6.45) is 1.34. The predicted octanol–water partition coefficient (Wildman–Crippen LogP) is 2.34. The van der Waals surface area contributed by atoms with Crippen molar-refractivity contribution in [1.29, 1.82) is 0 Å². The van der Waals surface area contributed by atoms with Gasteiger partial charge in [0.05, 0.1) is 20.4 Å². The number of nitrogens with zero attached hydrogens (tertiary/aromatic N) is 1. The van der Waals surface area contributed by atoms with Gasteiger partial charge in [-0.2, -0.15) is 0 Å². The van der Waals surface area contributed by atoms with Crippen molar-refractivity contribution >= 4 is 19.7 Å². The molecule has 0 heterocycles. The van der Waals surface area contributed by atoms with E-state index in [0.29, 0.717) is 0 Å². The Morgan fingerprint density at radius 2 is 1.29 bits per heavy atom. The summed E-state index contributed by atoms with van der Waals surface area (Å²) in [6, 6.07) is 15.6. The Morgan fingerprint density at radius 3 is 1.75 bits per heavy atom. The van der Waals surface area contributed by atoms with Crippen molar-refractivity contribution in [2.24, 2.45) is 0 Å². The summed E-state index contributed by atoms with van der Waals surface area (Å²) in [7, 11) is -4.37. The first-order chi connectivity index (χ1) is 11.2. The predicted molar refractivity (Wildman–Crippen MR) is 93.9 cm³/mol. The van der Waals surface area contributed by atoms with Crippen LogP contribution in [0.4, 0.5) is 0 Å². The molecule has 0 spiro atoms. The summed E-state index contributed by atoms with van der Waals surface area (Å²) in [5, 5.41) is 0. The van der Waals surface area contributed by atoms with E-state index >= 15 is 0 Å². The third-order valence-electron chi connectivity index (χ3n) is 3.24. The van der Waals surface area contributed by atoms with Crippen LogP contribution < -0.4 is 0 Å². The molecule has 0 aliphatic carbocycles. The third kappa shape index (κ3) is 4.24. The zero-order valence-corrected chi connectivity index (χ0v) is 15.1. The molecule has 0 radical (unpaired) electrons. The van der Waals surface area contributed by atoms with Gasteiger partial charge in [0.15, 0.2) is 9.84 Å². The molecule has 24 heavy (non-hydrogen) atoms. The molecule has 0 aliphatic rings. The fourth-order valence-electron chi connectivity index (χ4n) is 2.12. The zero-order chi connectivity index (χ0) is 17.8. The lowest BCUT2D eigenvalue weighted by molar-refractivity contribution is 0.555. The van der Waals surface area contributed by atoms with Gasteiger partial charge in [-0.05, 0) is 24.3 Å². The van der Waals surface area contributed by atoms with E-state index in [1.165, 1.54) is 35.4 Å². The first kappa shape index (κ1) is 18.2. The van der Waals surface area contributed by atoms with Gasteiger partial charge in [0.1, 0.15) is 0 Å². The molecule has 0 saturated heterocycles. The van der Waals surface area contributed by atoms with E-state index in [1.54, 1.807) is 50.5 Å². The van der Waals surface area contributed by atoms with Gasteiger partial charge in [0, 0.05) is 20.3 Å². The number of rotatable bonds is 6. The Kier molecular flexibility index (Phi) is 5.46. The summed E-state index contributed by atoms with van der Waals surface area (Å²) in [4.78, 5) is 1.53. The van der Waals surface area contributed by atoms with Gasteiger partial charge in [-0.15, -0.1) is 0 Å². The smallest absolute Gasteiger partial charge is 0.205 e. The average Bonchev–Trinajstić information content (AvgIpc) is 2.55. The van der Waals surface area contributed by atoms with Crippen LogP contribution in [-0.4, -0.2) is 41.6 Å². The maximum Gasteiger partial charge on any atom is 0.205 e. The van der Waals surface area contributed by atoms with Crippen molar-refractivity contribution in [3.63, 3.8) is 0 Å². The highest BCUT2D eigenvalue weighted by molar-refractivity contribution is 7.98. The van der Waals surface area contributed by atoms with Crippen LogP contribution in [-0.2, 0) is 19.7 Å². The van der Waals surface area contributed by atoms with Gasteiger partial charge >= 0.3 is 0 Å². The lowest BCUT2D eigenvalue weighted by atomic mass is 10.4. The first-order valence-corrected chi connectivity index (χ1v) is 10.3. The maximum absolute atomic E-state index is 12.8. The number of sulfone groups is 2. The van der Waals surface area contributed by atoms with Gasteiger partial charge in [0.2, 0.25) is 9.84 Å². The molecule has 0 atom stereocenters. The molecule has 128 valence electrons. The van der Waals surface area contributed by atoms with Crippen LogP contribution in [0.25, 0.3) is 0 Å². The van der Waals surface area contributed by atoms with Crippen LogP contribution in [0.15, 0.2) is 81.6 Å². The van der Waals surface area contributed by atoms with Gasteiger partial charge in [-0.25, -0.2) is 16.8 Å². The van der Waals surface area contributed by atoms with Crippen molar-refractivity contribution in [3.05, 3.63) is 71.8 Å². The first-order valence-electron chi connectivity index (χ1n) is 7.18. The molecule has 2 aromatic rings. The van der Waals surface area contributed by atoms with Crippen LogP contribution in [0.2, 0.25) is 0 Å². The third-order valence-corrected chi connectivity index (χ3v) is 6.93. The van der Waals surface area contributed by atoms with E-state index in [0.717, 1.165) is 0 Å². The Hall–Kier alpha value is -2.12. The molecule has 2 rings (SSSR count). The normalized spacial score (nSPS) is 12.8. The highest BCUT2D eigenvalue weighted by atomic mass is 32.2. The quantitative estimate of drug-likeness (QED) is 0.786. The van der Waals surface area contributed by atoms with E-state index in [1.807, 2.05) is 0 Å². The highest BCUT2D eigenvalue weighted by Crippen LogP contribution is 2.23. The summed E-state index contributed by atoms with van der Waals surface area (Å²) in [5.41, 5.74) is 0. The topological polar surface area (TPSA) is 71.5 Å². The van der Waals surface area contributed by atoms with Crippen LogP contribution in [0.5, 0.6) is 0 Å². The minimum atomic E-state index is -3.90. The van der Waals surface area contributed by atoms with Crippen LogP contribution in [0.1, 0.15) is 0 Å². The van der Waals surface area contributed by atoms with Crippen molar-refractivity contribution in [3.8, 4) is 0 Å². The molecule has 0 aliphatic heterocycles. The monoisotopic (exact) mass is 365 g/mol. The van der Waals surface area contributed by atoms with Crippen molar-refractivity contribution in [1.82, 2.24) is 4.90 Å². The largest absolute Gasteiger partial charge is 0.383 e. The molecule has 0 unspecified atom stereocenters. The second kappa shape index (κ2) is 7.19. The second-order valence-electron chi connectivity index (χ2n) is 5.45. The van der Waals surface area contributed by atoms with E-state index in [2.05, 4.69) is 0 Å². The SMILES string of the molecule is CN(C)/C=C(/CS(=O)(=O)c1ccccc1)S(=O)(=O)c1ccccc1. The number of hydrogen-bond donors (Lipinski definition) is 0. The Bertz CT molecular complexity index is 917. The lowest BCUT2D eigenvalue weighted by Crippen LogP contribution is -2.18. The van der Waals surface area contributed by atoms with Crippen LogP contribution in [0.3, 0.4) is 0 Å². The average molecular weight is 365 g/mol. The molecule has 0 N–H and O–H groups in total. The van der Waals surface area contributed by atoms with E-state index in [4.69, 9.17) is 0 Å². The molecule has 0 fully saturated rings. The van der Waals surface area contributed by atoms with Crippen molar-refractivity contribution in [2.75, 3.05) is 19.8 Å². The second-order valence-corrected chi connectivity index (χ2v) is 9.44. The van der Waals surface area contributed by atoms with E-state index in [9.17, 15) is 16.8 Å². The Morgan fingerprint density at radius 1 is 0.833 bits per heavy atom. The standard InChI is InChI=1S/C17H19NO4S2/c1-18(2)13-17(24(21,22)16-11-7-4-8-12-16)14-23(19,20)15-9-5-3-6-10-15/h3-13H,14H2,1-2H3/b17-13-. The Balaban J connectivity index is 2.49. The number of hydrogen-bond acceptors (Lipinski definition) is 5. The lowest BCUT2D eigenvalue weighted by Gasteiger charge is -2.13. The Labute approximate surface area is 143 Å². The molecule has 0 aromatic heterocycles. The van der Waals surface area contributed by atoms with Gasteiger partial charge < -0.3 is 4.90 Å². The fraction of sp³-hybridized carbons (Fsp3) is 0.176. The van der Waals surface area contributed by atoms with Gasteiger partial charge in [0.25, 0.3) is 0 Å². The molecule has 2 aromatic carbocycles. The van der Waals surface area contributed by atoms with Crippen molar-refractivity contribution < 1.29 is 16.8 Å². The summed E-state index contributed by atoms with van der Waals surface area (Å²) in [6.45, 7) is 0. The van der Waals surface area contributed by atoms with Gasteiger partial charge in [-0.3, -0.25) is 0 Å². The molecular weight excluding hydrogens is 346 g/mol. The number of benzene rings is 2. The van der Waals surface area contributed by atoms with E-state index in [-0.39, 0.29) is 14.7 Å². The van der Waals surface area contributed by atoms with Gasteiger partial charge in [-0.1, -0.05) is 36.4 Å². The minimum Gasteiger partial charge on any atom is -0.383 e. The van der Waals surface area contributed by atoms with Crippen LogP contribution >= 0.6 is 0 Å². The molecule has 0 amide bonds. The summed E-state index contributed by atoms with van der Waals surface area (Å²) >= 11 is 0. The van der Waals surface area contributed by atoms with E-state index < -0.39 is 25.4 Å². The minimum absolute atomic E-state index is 0.0707. The zero-order valence-electron chi connectivity index (χ0n) is 13.5. The highest BCUT2D eigenvalue weighted by Gasteiger charge is 2.27. The maximum atomic E-state index is 12.8. The molecule has 0 saturated carbocycles. The summed E-state index contributed by atoms with van der Waals surface area (Å²) < 4.78 is 50.8. The summed E-state index contributed by atoms with van der Waals surface area (Å²) in [5.74, 6) is -0.591. The molecule has 5 nitrogen and oxygen atoms in total. The van der Waals surface area contributed by atoms with Crippen LogP contribution in [0, 0.1) is 0 Å². The molecule has 7 heteroatoms. The van der Waals surface area contributed by atoms with Crippen molar-refractivity contribution in [2.45, 2.75) is 9.79 Å². The molecular formula is C17H19NO4S2. The fourth-order valence-corrected chi connectivity index (χ4v) is 5.56.